The molecule has 0 bridgehead atoms. The van der Waals surface area contributed by atoms with Crippen LogP contribution in [0.25, 0.3) is 16.8 Å². The molecule has 4 rings (SSSR count). The van der Waals surface area contributed by atoms with Crippen LogP contribution in [0.1, 0.15) is 19.4 Å². The third kappa shape index (κ3) is 4.03. The van der Waals surface area contributed by atoms with Crippen molar-refractivity contribution in [3.63, 3.8) is 0 Å². The van der Waals surface area contributed by atoms with Crippen LogP contribution in [0.15, 0.2) is 59.5 Å². The Morgan fingerprint density at radius 2 is 1.69 bits per heavy atom. The zero-order valence-electron chi connectivity index (χ0n) is 18.1. The number of anilines is 1. The van der Waals surface area contributed by atoms with E-state index in [1.54, 1.807) is 30.3 Å². The molecule has 0 spiro atoms. The number of methoxy groups -OCH3 is 1. The van der Waals surface area contributed by atoms with Crippen molar-refractivity contribution in [3.8, 4) is 17.2 Å². The molecule has 3 aromatic rings. The molecule has 1 saturated heterocycles. The van der Waals surface area contributed by atoms with Crippen LogP contribution in [0.2, 0.25) is 0 Å². The number of benzene rings is 3. The summed E-state index contributed by atoms with van der Waals surface area (Å²) in [5.41, 5.74) is 1.15. The number of hydrogen-bond acceptors (Lipinski definition) is 6. The van der Waals surface area contributed by atoms with Gasteiger partial charge in [-0.1, -0.05) is 24.3 Å². The summed E-state index contributed by atoms with van der Waals surface area (Å²) in [6, 6.07) is 16.6. The number of hydrogen-bond donors (Lipinski definition) is 0. The van der Waals surface area contributed by atoms with E-state index in [0.29, 0.717) is 35.3 Å². The molecule has 0 unspecified atom stereocenters. The highest BCUT2D eigenvalue weighted by atomic mass is 32.2. The van der Waals surface area contributed by atoms with Gasteiger partial charge in [0, 0.05) is 5.56 Å². The Morgan fingerprint density at radius 3 is 2.44 bits per heavy atom. The second-order valence-corrected chi connectivity index (χ2v) is 7.91. The standard InChI is InChI=1S/C25H23NO5S/c1-4-30-17-12-10-16-11-13-21(31-5-2)19(18(16)14-17)15-23-24(27)26(25(28)32-23)20-8-6-7-9-22(20)29-3/h6-15H,4-5H2,1-3H3/b23-15-. The van der Waals surface area contributed by atoms with Gasteiger partial charge in [-0.3, -0.25) is 9.59 Å². The molecule has 0 atom stereocenters. The Kier molecular flexibility index (Phi) is 6.37. The lowest BCUT2D eigenvalue weighted by Gasteiger charge is -2.16. The molecule has 0 aromatic heterocycles. The third-order valence-electron chi connectivity index (χ3n) is 5.00. The van der Waals surface area contributed by atoms with Crippen molar-refractivity contribution >= 4 is 45.4 Å². The van der Waals surface area contributed by atoms with E-state index in [4.69, 9.17) is 14.2 Å². The normalized spacial score (nSPS) is 15.0. The van der Waals surface area contributed by atoms with Crippen LogP contribution in [-0.2, 0) is 4.79 Å². The van der Waals surface area contributed by atoms with Gasteiger partial charge in [0.05, 0.1) is 30.9 Å². The molecule has 6 nitrogen and oxygen atoms in total. The van der Waals surface area contributed by atoms with Gasteiger partial charge in [0.15, 0.2) is 0 Å². The van der Waals surface area contributed by atoms with Crippen molar-refractivity contribution < 1.29 is 23.8 Å². The predicted octanol–water partition coefficient (Wildman–Crippen LogP) is 5.89. The lowest BCUT2D eigenvalue weighted by Crippen LogP contribution is -2.28. The smallest absolute Gasteiger partial charge is 0.298 e. The molecule has 1 heterocycles. The largest absolute Gasteiger partial charge is 0.495 e. The third-order valence-corrected chi connectivity index (χ3v) is 5.87. The van der Waals surface area contributed by atoms with Crippen LogP contribution in [0, 0.1) is 0 Å². The molecule has 1 fully saturated rings. The fourth-order valence-corrected chi connectivity index (χ4v) is 4.43. The SMILES string of the molecule is CCOc1ccc2ccc(OCC)c(/C=C3\SC(=O)N(c4ccccc4OC)C3=O)c2c1. The Balaban J connectivity index is 1.83. The number of para-hydroxylation sites is 2. The Morgan fingerprint density at radius 1 is 0.938 bits per heavy atom. The van der Waals surface area contributed by atoms with E-state index in [9.17, 15) is 9.59 Å². The fraction of sp³-hybridized carbons (Fsp3) is 0.200. The Hall–Kier alpha value is -3.45. The van der Waals surface area contributed by atoms with Gasteiger partial charge in [-0.2, -0.15) is 0 Å². The second kappa shape index (κ2) is 9.36. The number of amides is 2. The van der Waals surface area contributed by atoms with E-state index in [1.807, 2.05) is 44.2 Å². The van der Waals surface area contributed by atoms with Crippen LogP contribution in [0.3, 0.4) is 0 Å². The van der Waals surface area contributed by atoms with Crippen molar-refractivity contribution in [3.05, 3.63) is 65.1 Å². The zero-order chi connectivity index (χ0) is 22.7. The predicted molar refractivity (Wildman–Crippen MR) is 128 cm³/mol. The number of rotatable bonds is 7. The van der Waals surface area contributed by atoms with E-state index in [1.165, 1.54) is 7.11 Å². The highest BCUT2D eigenvalue weighted by Gasteiger charge is 2.38. The van der Waals surface area contributed by atoms with Gasteiger partial charge < -0.3 is 14.2 Å². The molecule has 2 amide bonds. The molecule has 0 N–H and O–H groups in total. The number of thioether (sulfide) groups is 1. The van der Waals surface area contributed by atoms with E-state index in [0.717, 1.165) is 38.7 Å². The Labute approximate surface area is 190 Å². The number of ether oxygens (including phenoxy) is 3. The van der Waals surface area contributed by atoms with Gasteiger partial charge >= 0.3 is 0 Å². The van der Waals surface area contributed by atoms with Crippen molar-refractivity contribution in [2.24, 2.45) is 0 Å². The van der Waals surface area contributed by atoms with E-state index < -0.39 is 5.91 Å². The van der Waals surface area contributed by atoms with E-state index >= 15 is 0 Å². The first kappa shape index (κ1) is 21.8. The lowest BCUT2D eigenvalue weighted by atomic mass is 10.0. The van der Waals surface area contributed by atoms with Crippen molar-refractivity contribution in [2.45, 2.75) is 13.8 Å². The van der Waals surface area contributed by atoms with E-state index in [-0.39, 0.29) is 5.24 Å². The number of nitrogens with zero attached hydrogens (tertiary/aromatic N) is 1. The molecule has 3 aromatic carbocycles. The van der Waals surface area contributed by atoms with Gasteiger partial charge in [0.2, 0.25) is 0 Å². The van der Waals surface area contributed by atoms with Gasteiger partial charge in [0.1, 0.15) is 17.2 Å². The Bertz CT molecular complexity index is 1210. The summed E-state index contributed by atoms with van der Waals surface area (Å²) in [5, 5.41) is 1.48. The average Bonchev–Trinajstić information content (AvgIpc) is 3.08. The molecule has 1 aliphatic heterocycles. The van der Waals surface area contributed by atoms with Gasteiger partial charge in [0.25, 0.3) is 11.1 Å². The van der Waals surface area contributed by atoms with E-state index in [2.05, 4.69) is 0 Å². The first-order valence-corrected chi connectivity index (χ1v) is 11.1. The number of fused-ring (bicyclic) bond motifs is 1. The molecule has 32 heavy (non-hydrogen) atoms. The summed E-state index contributed by atoms with van der Waals surface area (Å²) in [4.78, 5) is 27.5. The molecule has 7 heteroatoms. The van der Waals surface area contributed by atoms with Crippen LogP contribution in [0.5, 0.6) is 17.2 Å². The molecular weight excluding hydrogens is 426 g/mol. The van der Waals surface area contributed by atoms with Gasteiger partial charge in [-0.25, -0.2) is 4.90 Å². The summed E-state index contributed by atoms with van der Waals surface area (Å²) >= 11 is 0.897. The molecule has 164 valence electrons. The summed E-state index contributed by atoms with van der Waals surface area (Å²) in [6.45, 7) is 4.85. The summed E-state index contributed by atoms with van der Waals surface area (Å²) in [5.74, 6) is 1.42. The summed E-state index contributed by atoms with van der Waals surface area (Å²) in [6.07, 6.45) is 1.73. The number of carbonyl (C=O) groups excluding carboxylic acids is 2. The van der Waals surface area contributed by atoms with Crippen LogP contribution < -0.4 is 19.1 Å². The molecular formula is C25H23NO5S. The topological polar surface area (TPSA) is 65.1 Å². The van der Waals surface area contributed by atoms with Crippen molar-refractivity contribution in [2.75, 3.05) is 25.2 Å². The molecule has 0 saturated carbocycles. The molecule has 0 radical (unpaired) electrons. The van der Waals surface area contributed by atoms with Gasteiger partial charge in [-0.15, -0.1) is 0 Å². The number of imide groups is 1. The maximum atomic E-state index is 13.3. The quantitative estimate of drug-likeness (QED) is 0.419. The monoisotopic (exact) mass is 449 g/mol. The summed E-state index contributed by atoms with van der Waals surface area (Å²) in [7, 11) is 1.51. The lowest BCUT2D eigenvalue weighted by molar-refractivity contribution is -0.113. The maximum absolute atomic E-state index is 13.3. The molecule has 1 aliphatic rings. The minimum absolute atomic E-state index is 0.316. The van der Waals surface area contributed by atoms with Crippen molar-refractivity contribution in [1.29, 1.82) is 0 Å². The summed E-state index contributed by atoms with van der Waals surface area (Å²) < 4.78 is 16.9. The van der Waals surface area contributed by atoms with Crippen LogP contribution in [0.4, 0.5) is 10.5 Å². The first-order valence-electron chi connectivity index (χ1n) is 10.3. The number of carbonyl (C=O) groups is 2. The zero-order valence-corrected chi connectivity index (χ0v) is 18.9. The van der Waals surface area contributed by atoms with Crippen LogP contribution >= 0.6 is 11.8 Å². The molecule has 0 aliphatic carbocycles. The maximum Gasteiger partial charge on any atom is 0.298 e. The fourth-order valence-electron chi connectivity index (χ4n) is 3.61. The second-order valence-electron chi connectivity index (χ2n) is 6.92. The van der Waals surface area contributed by atoms with Crippen molar-refractivity contribution in [1.82, 2.24) is 0 Å². The first-order chi connectivity index (χ1) is 15.6. The minimum Gasteiger partial charge on any atom is -0.495 e. The highest BCUT2D eigenvalue weighted by Crippen LogP contribution is 2.41. The van der Waals surface area contributed by atoms with Crippen LogP contribution in [-0.4, -0.2) is 31.5 Å². The average molecular weight is 450 g/mol. The minimum atomic E-state index is -0.398. The highest BCUT2D eigenvalue weighted by molar-refractivity contribution is 8.19. The van der Waals surface area contributed by atoms with Gasteiger partial charge in [-0.05, 0) is 72.8 Å².